The van der Waals surface area contributed by atoms with Gasteiger partial charge in [0.2, 0.25) is 10.0 Å². The number of aryl methyl sites for hydroxylation is 1. The van der Waals surface area contributed by atoms with Gasteiger partial charge in [-0.1, -0.05) is 6.07 Å². The number of rotatable bonds is 5. The van der Waals surface area contributed by atoms with Gasteiger partial charge in [0.1, 0.15) is 11.0 Å². The first kappa shape index (κ1) is 14.8. The smallest absolute Gasteiger partial charge is 0.265 e. The zero-order valence-corrected chi connectivity index (χ0v) is 10.4. The predicted molar refractivity (Wildman–Crippen MR) is 62.8 cm³/mol. The highest BCUT2D eigenvalue weighted by Crippen LogP contribution is 2.19. The van der Waals surface area contributed by atoms with Crippen molar-refractivity contribution in [2.45, 2.75) is 24.3 Å². The molecule has 0 aliphatic rings. The third-order valence-corrected chi connectivity index (χ3v) is 3.73. The van der Waals surface area contributed by atoms with Crippen molar-refractivity contribution in [3.05, 3.63) is 23.8 Å². The molecule has 1 unspecified atom stereocenters. The van der Waals surface area contributed by atoms with E-state index in [0.29, 0.717) is 0 Å². The Kier molecular flexibility index (Phi) is 4.60. The van der Waals surface area contributed by atoms with Gasteiger partial charge in [-0.15, -0.1) is 0 Å². The Bertz CT molecular complexity index is 520. The summed E-state index contributed by atoms with van der Waals surface area (Å²) in [5, 5.41) is 8.84. The number of halogens is 2. The third kappa shape index (κ3) is 3.62. The van der Waals surface area contributed by atoms with Crippen LogP contribution < -0.4 is 10.5 Å². The standard InChI is InChI=1S/C10H14F2N2O3S/c1-6-2-3-9(7(13)4-6)18(16,17)14-5-8(15)10(11)12/h2-4,8,10,14-15H,5,13H2,1H3. The van der Waals surface area contributed by atoms with Gasteiger partial charge in [0.25, 0.3) is 6.43 Å². The zero-order valence-electron chi connectivity index (χ0n) is 9.60. The molecule has 1 aromatic carbocycles. The molecule has 0 bridgehead atoms. The molecule has 0 heterocycles. The number of hydrogen-bond acceptors (Lipinski definition) is 4. The minimum absolute atomic E-state index is 0.0223. The van der Waals surface area contributed by atoms with Crippen molar-refractivity contribution in [3.63, 3.8) is 0 Å². The van der Waals surface area contributed by atoms with Crippen molar-refractivity contribution in [2.24, 2.45) is 0 Å². The molecule has 4 N–H and O–H groups in total. The molecule has 0 amide bonds. The van der Waals surface area contributed by atoms with Crippen LogP contribution >= 0.6 is 0 Å². The number of aliphatic hydroxyl groups excluding tert-OH is 1. The normalized spacial score (nSPS) is 13.8. The van der Waals surface area contributed by atoms with Gasteiger partial charge >= 0.3 is 0 Å². The van der Waals surface area contributed by atoms with Gasteiger partial charge in [0, 0.05) is 6.54 Å². The van der Waals surface area contributed by atoms with Gasteiger partial charge < -0.3 is 10.8 Å². The van der Waals surface area contributed by atoms with Gasteiger partial charge in [0.15, 0.2) is 0 Å². The lowest BCUT2D eigenvalue weighted by atomic mass is 10.2. The lowest BCUT2D eigenvalue weighted by molar-refractivity contribution is -0.000450. The van der Waals surface area contributed by atoms with Crippen LogP contribution in [0, 0.1) is 6.92 Å². The van der Waals surface area contributed by atoms with Crippen LogP contribution in [0.15, 0.2) is 23.1 Å². The molecule has 1 rings (SSSR count). The monoisotopic (exact) mass is 280 g/mol. The molecule has 0 saturated heterocycles. The number of anilines is 1. The van der Waals surface area contributed by atoms with E-state index >= 15 is 0 Å². The average Bonchev–Trinajstić information content (AvgIpc) is 2.25. The van der Waals surface area contributed by atoms with Crippen LogP contribution in [0.2, 0.25) is 0 Å². The number of hydrogen-bond donors (Lipinski definition) is 3. The number of sulfonamides is 1. The van der Waals surface area contributed by atoms with Gasteiger partial charge in [-0.2, -0.15) is 0 Å². The number of alkyl halides is 2. The van der Waals surface area contributed by atoms with Crippen molar-refractivity contribution < 1.29 is 22.3 Å². The van der Waals surface area contributed by atoms with Crippen molar-refractivity contribution in [1.29, 1.82) is 0 Å². The quantitative estimate of drug-likeness (QED) is 0.684. The largest absolute Gasteiger partial charge is 0.398 e. The topological polar surface area (TPSA) is 92.4 Å². The zero-order chi connectivity index (χ0) is 13.9. The summed E-state index contributed by atoms with van der Waals surface area (Å²) < 4.78 is 49.4. The molecular weight excluding hydrogens is 266 g/mol. The summed E-state index contributed by atoms with van der Waals surface area (Å²) >= 11 is 0. The first-order valence-corrected chi connectivity index (χ1v) is 6.54. The molecule has 0 saturated carbocycles. The molecule has 1 atom stereocenters. The second kappa shape index (κ2) is 5.59. The third-order valence-electron chi connectivity index (χ3n) is 2.23. The van der Waals surface area contributed by atoms with E-state index in [0.717, 1.165) is 5.56 Å². The lowest BCUT2D eigenvalue weighted by Gasteiger charge is -2.12. The summed E-state index contributed by atoms with van der Waals surface area (Å²) in [6.07, 6.45) is -5.06. The van der Waals surface area contributed by atoms with Gasteiger partial charge in [-0.05, 0) is 24.6 Å². The Morgan fingerprint density at radius 2 is 2.06 bits per heavy atom. The number of nitrogen functional groups attached to an aromatic ring is 1. The molecule has 0 fully saturated rings. The fourth-order valence-corrected chi connectivity index (χ4v) is 2.44. The van der Waals surface area contributed by atoms with E-state index < -0.39 is 29.1 Å². The fraction of sp³-hybridized carbons (Fsp3) is 0.400. The highest BCUT2D eigenvalue weighted by molar-refractivity contribution is 7.89. The van der Waals surface area contributed by atoms with Gasteiger partial charge in [-0.3, -0.25) is 0 Å². The summed E-state index contributed by atoms with van der Waals surface area (Å²) in [6, 6.07) is 4.27. The summed E-state index contributed by atoms with van der Waals surface area (Å²) in [6.45, 7) is 0.966. The molecule has 0 spiro atoms. The van der Waals surface area contributed by atoms with Crippen LogP contribution in [0.5, 0.6) is 0 Å². The van der Waals surface area contributed by atoms with E-state index in [1.807, 2.05) is 4.72 Å². The summed E-state index contributed by atoms with van der Waals surface area (Å²) in [5.41, 5.74) is 6.34. The fourth-order valence-electron chi connectivity index (χ4n) is 1.27. The minimum atomic E-state index is -4.00. The molecule has 0 aliphatic carbocycles. The van der Waals surface area contributed by atoms with Crippen LogP contribution in [0.3, 0.4) is 0 Å². The molecule has 1 aromatic rings. The molecule has 102 valence electrons. The van der Waals surface area contributed by atoms with Gasteiger partial charge in [-0.25, -0.2) is 21.9 Å². The first-order valence-electron chi connectivity index (χ1n) is 5.06. The van der Waals surface area contributed by atoms with Crippen LogP contribution in [0.25, 0.3) is 0 Å². The minimum Gasteiger partial charge on any atom is -0.398 e. The maximum Gasteiger partial charge on any atom is 0.265 e. The lowest BCUT2D eigenvalue weighted by Crippen LogP contribution is -2.36. The molecule has 5 nitrogen and oxygen atoms in total. The van der Waals surface area contributed by atoms with Crippen LogP contribution in [0.4, 0.5) is 14.5 Å². The Morgan fingerprint density at radius 1 is 1.44 bits per heavy atom. The second-order valence-corrected chi connectivity index (χ2v) is 5.53. The van der Waals surface area contributed by atoms with E-state index in [1.54, 1.807) is 6.92 Å². The summed E-state index contributed by atoms with van der Waals surface area (Å²) in [7, 11) is -4.00. The summed E-state index contributed by atoms with van der Waals surface area (Å²) in [5.74, 6) is 0. The highest BCUT2D eigenvalue weighted by Gasteiger charge is 2.22. The van der Waals surface area contributed by atoms with Crippen molar-refractivity contribution in [3.8, 4) is 0 Å². The molecule has 0 radical (unpaired) electrons. The number of aliphatic hydroxyl groups is 1. The Hall–Kier alpha value is -1.25. The highest BCUT2D eigenvalue weighted by atomic mass is 32.2. The van der Waals surface area contributed by atoms with E-state index in [-0.39, 0.29) is 10.6 Å². The number of nitrogens with one attached hydrogen (secondary N) is 1. The molecule has 0 aliphatic heterocycles. The van der Waals surface area contributed by atoms with Crippen LogP contribution in [-0.2, 0) is 10.0 Å². The van der Waals surface area contributed by atoms with Crippen LogP contribution in [-0.4, -0.2) is 32.6 Å². The van der Waals surface area contributed by atoms with Crippen molar-refractivity contribution in [2.75, 3.05) is 12.3 Å². The maximum atomic E-state index is 12.0. The first-order chi connectivity index (χ1) is 8.24. The molecule has 18 heavy (non-hydrogen) atoms. The van der Waals surface area contributed by atoms with E-state index in [4.69, 9.17) is 10.8 Å². The molecule has 0 aromatic heterocycles. The Morgan fingerprint density at radius 3 is 2.56 bits per heavy atom. The Labute approximate surface area is 104 Å². The molecule has 8 heteroatoms. The number of nitrogens with two attached hydrogens (primary N) is 1. The van der Waals surface area contributed by atoms with Gasteiger partial charge in [0.05, 0.1) is 5.69 Å². The number of benzene rings is 1. The Balaban J connectivity index is 2.87. The average molecular weight is 280 g/mol. The van der Waals surface area contributed by atoms with E-state index in [2.05, 4.69) is 0 Å². The second-order valence-electron chi connectivity index (χ2n) is 3.79. The van der Waals surface area contributed by atoms with Crippen molar-refractivity contribution >= 4 is 15.7 Å². The van der Waals surface area contributed by atoms with E-state index in [1.165, 1.54) is 18.2 Å². The predicted octanol–water partition coefficient (Wildman–Crippen LogP) is 0.482. The SMILES string of the molecule is Cc1ccc(S(=O)(=O)NCC(O)C(F)F)c(N)c1. The molecular formula is C10H14F2N2O3S. The maximum absolute atomic E-state index is 12.0. The summed E-state index contributed by atoms with van der Waals surface area (Å²) in [4.78, 5) is -0.199. The van der Waals surface area contributed by atoms with Crippen LogP contribution in [0.1, 0.15) is 5.56 Å². The van der Waals surface area contributed by atoms with E-state index in [9.17, 15) is 17.2 Å². The van der Waals surface area contributed by atoms with Crippen molar-refractivity contribution in [1.82, 2.24) is 4.72 Å².